The molecule has 0 aliphatic carbocycles. The first-order valence-corrected chi connectivity index (χ1v) is 7.14. The van der Waals surface area contributed by atoms with Crippen LogP contribution >= 0.6 is 22.6 Å². The van der Waals surface area contributed by atoms with Gasteiger partial charge in [-0.2, -0.15) is 0 Å². The Kier molecular flexibility index (Phi) is 8.89. The van der Waals surface area contributed by atoms with Crippen LogP contribution in [0.5, 0.6) is 5.75 Å². The van der Waals surface area contributed by atoms with E-state index in [0.29, 0.717) is 39.6 Å². The molecule has 0 heterocycles. The van der Waals surface area contributed by atoms with Crippen LogP contribution in [-0.2, 0) is 14.2 Å². The Bertz CT molecular complexity index is 362. The molecule has 5 nitrogen and oxygen atoms in total. The molecule has 0 unspecified atom stereocenters. The highest BCUT2D eigenvalue weighted by molar-refractivity contribution is 14.1. The van der Waals surface area contributed by atoms with Crippen LogP contribution in [0.2, 0.25) is 0 Å². The van der Waals surface area contributed by atoms with Crippen molar-refractivity contribution >= 4 is 28.3 Å². The van der Waals surface area contributed by atoms with Gasteiger partial charge in [-0.3, -0.25) is 0 Å². The number of rotatable bonds is 10. The fourth-order valence-electron chi connectivity index (χ4n) is 1.31. The fourth-order valence-corrected chi connectivity index (χ4v) is 2.00. The number of halogens is 1. The third-order valence-corrected chi connectivity index (χ3v) is 3.09. The number of hydrogen-bond acceptors (Lipinski definition) is 5. The zero-order valence-corrected chi connectivity index (χ0v) is 13.2. The first kappa shape index (κ1) is 16.5. The minimum Gasteiger partial charge on any atom is -0.490 e. The molecule has 0 bridgehead atoms. The van der Waals surface area contributed by atoms with Crippen molar-refractivity contribution in [3.05, 3.63) is 21.8 Å². The van der Waals surface area contributed by atoms with Crippen molar-refractivity contribution < 1.29 is 18.9 Å². The average Bonchev–Trinajstić information content (AvgIpc) is 2.39. The molecule has 0 spiro atoms. The van der Waals surface area contributed by atoms with E-state index in [2.05, 4.69) is 22.6 Å². The minimum atomic E-state index is 0.512. The molecule has 0 saturated carbocycles. The average molecular weight is 381 g/mol. The summed E-state index contributed by atoms with van der Waals surface area (Å²) in [5.41, 5.74) is 6.40. The summed E-state index contributed by atoms with van der Waals surface area (Å²) in [6.07, 6.45) is 0. The Morgan fingerprint density at radius 1 is 1.00 bits per heavy atom. The first-order chi connectivity index (χ1) is 9.24. The van der Waals surface area contributed by atoms with E-state index in [-0.39, 0.29) is 0 Å². The summed E-state index contributed by atoms with van der Waals surface area (Å²) < 4.78 is 22.1. The Hall–Kier alpha value is -0.570. The maximum Gasteiger partial charge on any atom is 0.132 e. The molecule has 0 aliphatic rings. The van der Waals surface area contributed by atoms with Crippen molar-refractivity contribution in [2.45, 2.75) is 0 Å². The molecule has 1 aromatic rings. The van der Waals surface area contributed by atoms with Gasteiger partial charge in [0.05, 0.1) is 36.6 Å². The number of hydrogen-bond donors (Lipinski definition) is 1. The van der Waals surface area contributed by atoms with Crippen LogP contribution in [0.4, 0.5) is 5.69 Å². The van der Waals surface area contributed by atoms with E-state index in [1.807, 2.05) is 18.2 Å². The SMILES string of the molecule is COCCOCCOCCOc1ccc(N)cc1I. The van der Waals surface area contributed by atoms with Gasteiger partial charge >= 0.3 is 0 Å². The predicted molar refractivity (Wildman–Crippen MR) is 82.6 cm³/mol. The summed E-state index contributed by atoms with van der Waals surface area (Å²) in [7, 11) is 1.65. The van der Waals surface area contributed by atoms with Gasteiger partial charge in [-0.1, -0.05) is 0 Å². The number of methoxy groups -OCH3 is 1. The Labute approximate surface area is 127 Å². The lowest BCUT2D eigenvalue weighted by atomic mass is 10.3. The van der Waals surface area contributed by atoms with Gasteiger partial charge < -0.3 is 24.7 Å². The smallest absolute Gasteiger partial charge is 0.132 e. The lowest BCUT2D eigenvalue weighted by Gasteiger charge is -2.09. The summed E-state index contributed by atoms with van der Waals surface area (Å²) in [6.45, 7) is 3.39. The van der Waals surface area contributed by atoms with Gasteiger partial charge in [-0.05, 0) is 40.8 Å². The number of nitrogens with two attached hydrogens (primary N) is 1. The molecule has 1 aromatic carbocycles. The summed E-state index contributed by atoms with van der Waals surface area (Å²) in [6, 6.07) is 5.56. The van der Waals surface area contributed by atoms with Gasteiger partial charge in [-0.15, -0.1) is 0 Å². The standard InChI is InChI=1S/C13H20INO4/c1-16-4-5-17-6-7-18-8-9-19-13-3-2-11(15)10-12(13)14/h2-3,10H,4-9,15H2,1H3. The van der Waals surface area contributed by atoms with Crippen LogP contribution in [0.25, 0.3) is 0 Å². The lowest BCUT2D eigenvalue weighted by Crippen LogP contribution is -2.12. The molecule has 0 fully saturated rings. The molecule has 108 valence electrons. The normalized spacial score (nSPS) is 10.6. The predicted octanol–water partition coefficient (Wildman–Crippen LogP) is 1.93. The fraction of sp³-hybridized carbons (Fsp3) is 0.538. The molecule has 0 amide bonds. The number of anilines is 1. The van der Waals surface area contributed by atoms with Crippen molar-refractivity contribution in [3.8, 4) is 5.75 Å². The Morgan fingerprint density at radius 3 is 2.26 bits per heavy atom. The molecule has 0 aliphatic heterocycles. The van der Waals surface area contributed by atoms with Crippen molar-refractivity contribution in [1.29, 1.82) is 0 Å². The van der Waals surface area contributed by atoms with Crippen molar-refractivity contribution in [2.75, 3.05) is 52.5 Å². The molecule has 0 atom stereocenters. The number of benzene rings is 1. The van der Waals surface area contributed by atoms with Crippen LogP contribution in [0, 0.1) is 3.57 Å². The topological polar surface area (TPSA) is 62.9 Å². The van der Waals surface area contributed by atoms with Crippen LogP contribution < -0.4 is 10.5 Å². The van der Waals surface area contributed by atoms with Crippen LogP contribution in [0.3, 0.4) is 0 Å². The zero-order valence-electron chi connectivity index (χ0n) is 11.1. The first-order valence-electron chi connectivity index (χ1n) is 6.06. The molecular formula is C13H20INO4. The number of nitrogen functional groups attached to an aromatic ring is 1. The van der Waals surface area contributed by atoms with Crippen LogP contribution in [0.1, 0.15) is 0 Å². The molecule has 6 heteroatoms. The molecular weight excluding hydrogens is 361 g/mol. The van der Waals surface area contributed by atoms with Crippen molar-refractivity contribution in [1.82, 2.24) is 0 Å². The summed E-state index contributed by atoms with van der Waals surface area (Å²) in [5.74, 6) is 0.828. The highest BCUT2D eigenvalue weighted by Crippen LogP contribution is 2.22. The minimum absolute atomic E-state index is 0.512. The van der Waals surface area contributed by atoms with Gasteiger partial charge in [0.25, 0.3) is 0 Å². The third-order valence-electron chi connectivity index (χ3n) is 2.24. The van der Waals surface area contributed by atoms with E-state index in [0.717, 1.165) is 15.0 Å². The van der Waals surface area contributed by atoms with E-state index < -0.39 is 0 Å². The highest BCUT2D eigenvalue weighted by Gasteiger charge is 2.00. The lowest BCUT2D eigenvalue weighted by molar-refractivity contribution is 0.0179. The second-order valence-corrected chi connectivity index (χ2v) is 4.92. The molecule has 0 radical (unpaired) electrons. The van der Waals surface area contributed by atoms with Crippen LogP contribution in [-0.4, -0.2) is 46.8 Å². The Morgan fingerprint density at radius 2 is 1.63 bits per heavy atom. The quantitative estimate of drug-likeness (QED) is 0.381. The zero-order chi connectivity index (χ0) is 13.9. The second-order valence-electron chi connectivity index (χ2n) is 3.76. The van der Waals surface area contributed by atoms with E-state index in [1.54, 1.807) is 7.11 Å². The molecule has 19 heavy (non-hydrogen) atoms. The van der Waals surface area contributed by atoms with E-state index in [4.69, 9.17) is 24.7 Å². The molecule has 1 rings (SSSR count). The maximum atomic E-state index is 5.66. The Balaban J connectivity index is 2.01. The van der Waals surface area contributed by atoms with Gasteiger partial charge in [0, 0.05) is 12.8 Å². The third kappa shape index (κ3) is 7.56. The van der Waals surface area contributed by atoms with Crippen molar-refractivity contribution in [2.24, 2.45) is 0 Å². The van der Waals surface area contributed by atoms with Crippen LogP contribution in [0.15, 0.2) is 18.2 Å². The summed E-state index contributed by atoms with van der Waals surface area (Å²) >= 11 is 2.20. The molecule has 2 N–H and O–H groups in total. The maximum absolute atomic E-state index is 5.66. The molecule has 0 aromatic heterocycles. The monoisotopic (exact) mass is 381 g/mol. The van der Waals surface area contributed by atoms with Crippen molar-refractivity contribution in [3.63, 3.8) is 0 Å². The van der Waals surface area contributed by atoms with Gasteiger partial charge in [0.1, 0.15) is 12.4 Å². The van der Waals surface area contributed by atoms with Gasteiger partial charge in [0.15, 0.2) is 0 Å². The highest BCUT2D eigenvalue weighted by atomic mass is 127. The summed E-state index contributed by atoms with van der Waals surface area (Å²) in [4.78, 5) is 0. The van der Waals surface area contributed by atoms with Gasteiger partial charge in [-0.25, -0.2) is 0 Å². The van der Waals surface area contributed by atoms with E-state index >= 15 is 0 Å². The number of ether oxygens (including phenoxy) is 4. The summed E-state index contributed by atoms with van der Waals surface area (Å²) in [5, 5.41) is 0. The van der Waals surface area contributed by atoms with Gasteiger partial charge in [0.2, 0.25) is 0 Å². The van der Waals surface area contributed by atoms with E-state index in [1.165, 1.54) is 0 Å². The molecule has 0 saturated heterocycles. The largest absolute Gasteiger partial charge is 0.490 e. The van der Waals surface area contributed by atoms with E-state index in [9.17, 15) is 0 Å². The second kappa shape index (κ2) is 10.2.